The molecule has 2 aromatic carbocycles. The monoisotopic (exact) mass is 509 g/mol. The number of likely N-dealkylation sites (N-methyl/N-ethyl adjacent to an activating group) is 1. The second-order valence-electron chi connectivity index (χ2n) is 8.53. The molecule has 0 spiro atoms. The molecule has 184 valence electrons. The Bertz CT molecular complexity index is 1100. The third-order valence-corrected chi connectivity index (χ3v) is 8.08. The van der Waals surface area contributed by atoms with Crippen molar-refractivity contribution in [3.8, 4) is 0 Å². The lowest BCUT2D eigenvalue weighted by molar-refractivity contribution is -0.140. The summed E-state index contributed by atoms with van der Waals surface area (Å²) in [5, 5.41) is 3.38. The predicted octanol–water partition coefficient (Wildman–Crippen LogP) is 3.58. The Morgan fingerprint density at radius 1 is 1.09 bits per heavy atom. The Morgan fingerprint density at radius 3 is 2.26 bits per heavy atom. The zero-order chi connectivity index (χ0) is 24.9. The van der Waals surface area contributed by atoms with Gasteiger partial charge in [0.05, 0.1) is 11.4 Å². The van der Waals surface area contributed by atoms with Crippen LogP contribution in [0.3, 0.4) is 0 Å². The Morgan fingerprint density at radius 2 is 1.68 bits per heavy atom. The summed E-state index contributed by atoms with van der Waals surface area (Å²) < 4.78 is 40.1. The van der Waals surface area contributed by atoms with E-state index in [2.05, 4.69) is 5.32 Å². The number of sulfonamides is 1. The van der Waals surface area contributed by atoms with Gasteiger partial charge in [0, 0.05) is 24.7 Å². The first-order valence-electron chi connectivity index (χ1n) is 11.1. The van der Waals surface area contributed by atoms with Gasteiger partial charge in [-0.2, -0.15) is 4.31 Å². The van der Waals surface area contributed by atoms with E-state index in [0.717, 1.165) is 30.0 Å². The molecule has 0 bridgehead atoms. The molecule has 0 radical (unpaired) electrons. The second-order valence-corrected chi connectivity index (χ2v) is 11.0. The molecule has 1 saturated carbocycles. The minimum Gasteiger partial charge on any atom is -0.352 e. The van der Waals surface area contributed by atoms with Crippen molar-refractivity contribution in [1.29, 1.82) is 0 Å². The molecular formula is C24H29ClFN3O4S. The first-order chi connectivity index (χ1) is 16.1. The maximum atomic E-state index is 13.4. The molecule has 0 saturated heterocycles. The maximum Gasteiger partial charge on any atom is 0.243 e. The fraction of sp³-hybridized carbons (Fsp3) is 0.417. The van der Waals surface area contributed by atoms with Crippen LogP contribution in [-0.2, 0) is 26.2 Å². The lowest BCUT2D eigenvalue weighted by Crippen LogP contribution is -2.52. The van der Waals surface area contributed by atoms with Crippen molar-refractivity contribution < 1.29 is 22.4 Å². The first-order valence-corrected chi connectivity index (χ1v) is 13.0. The van der Waals surface area contributed by atoms with Crippen LogP contribution in [0.15, 0.2) is 53.4 Å². The first kappa shape index (κ1) is 26.1. The van der Waals surface area contributed by atoms with Crippen molar-refractivity contribution in [3.05, 3.63) is 64.9 Å². The lowest BCUT2D eigenvalue weighted by Gasteiger charge is -2.31. The average molecular weight is 510 g/mol. The molecule has 1 fully saturated rings. The number of carbonyl (C=O) groups excluding carboxylic acids is 2. The highest BCUT2D eigenvalue weighted by Crippen LogP contribution is 2.20. The van der Waals surface area contributed by atoms with E-state index < -0.39 is 34.3 Å². The van der Waals surface area contributed by atoms with Crippen molar-refractivity contribution in [2.45, 2.75) is 56.1 Å². The minimum atomic E-state index is -3.95. The summed E-state index contributed by atoms with van der Waals surface area (Å²) in [5.41, 5.74) is 0.624. The van der Waals surface area contributed by atoms with Gasteiger partial charge in [-0.25, -0.2) is 12.8 Å². The van der Waals surface area contributed by atoms with Crippen molar-refractivity contribution in [1.82, 2.24) is 14.5 Å². The molecule has 10 heteroatoms. The number of rotatable bonds is 9. The summed E-state index contributed by atoms with van der Waals surface area (Å²) in [4.78, 5) is 27.5. The van der Waals surface area contributed by atoms with Crippen LogP contribution in [0.2, 0.25) is 5.02 Å². The van der Waals surface area contributed by atoms with Crippen LogP contribution in [0.1, 0.15) is 38.2 Å². The van der Waals surface area contributed by atoms with Gasteiger partial charge in [-0.3, -0.25) is 9.59 Å². The number of carbonyl (C=O) groups is 2. The van der Waals surface area contributed by atoms with E-state index in [0.29, 0.717) is 10.6 Å². The number of hydrogen-bond donors (Lipinski definition) is 1. The highest BCUT2D eigenvalue weighted by molar-refractivity contribution is 7.89. The third-order valence-electron chi connectivity index (χ3n) is 6.01. The molecule has 2 aromatic rings. The largest absolute Gasteiger partial charge is 0.352 e. The molecular weight excluding hydrogens is 481 g/mol. The summed E-state index contributed by atoms with van der Waals surface area (Å²) in [7, 11) is -2.64. The summed E-state index contributed by atoms with van der Waals surface area (Å²) >= 11 is 5.85. The van der Waals surface area contributed by atoms with Gasteiger partial charge in [-0.05, 0) is 61.7 Å². The van der Waals surface area contributed by atoms with Gasteiger partial charge in [0.1, 0.15) is 11.9 Å². The highest BCUT2D eigenvalue weighted by Gasteiger charge is 2.31. The minimum absolute atomic E-state index is 0.00399. The molecule has 2 amide bonds. The molecule has 1 N–H and O–H groups in total. The maximum absolute atomic E-state index is 13.4. The summed E-state index contributed by atoms with van der Waals surface area (Å²) in [6.07, 6.45) is 3.88. The number of hydrogen-bond acceptors (Lipinski definition) is 4. The van der Waals surface area contributed by atoms with E-state index in [1.807, 2.05) is 0 Å². The quantitative estimate of drug-likeness (QED) is 0.560. The van der Waals surface area contributed by atoms with Gasteiger partial charge in [-0.1, -0.05) is 36.6 Å². The Balaban J connectivity index is 1.78. The molecule has 0 aromatic heterocycles. The average Bonchev–Trinajstić information content (AvgIpc) is 3.31. The summed E-state index contributed by atoms with van der Waals surface area (Å²) in [5.74, 6) is -1.26. The third kappa shape index (κ3) is 6.55. The van der Waals surface area contributed by atoms with Crippen LogP contribution in [-0.4, -0.2) is 55.1 Å². The number of amides is 2. The molecule has 0 aliphatic heterocycles. The van der Waals surface area contributed by atoms with Gasteiger partial charge >= 0.3 is 0 Å². The van der Waals surface area contributed by atoms with E-state index in [4.69, 9.17) is 11.6 Å². The Kier molecular flexibility index (Phi) is 8.67. The van der Waals surface area contributed by atoms with Crippen molar-refractivity contribution in [3.63, 3.8) is 0 Å². The van der Waals surface area contributed by atoms with Gasteiger partial charge in [-0.15, -0.1) is 0 Å². The SMILES string of the molecule is CC(C(=O)NC1CCCC1)N(Cc1ccc(F)cc1)C(=O)CN(C)S(=O)(=O)c1ccc(Cl)cc1. The zero-order valence-electron chi connectivity index (χ0n) is 19.2. The topological polar surface area (TPSA) is 86.8 Å². The lowest BCUT2D eigenvalue weighted by atomic mass is 10.1. The molecule has 1 aliphatic rings. The van der Waals surface area contributed by atoms with Crippen molar-refractivity contribution in [2.24, 2.45) is 0 Å². The van der Waals surface area contributed by atoms with Crippen molar-refractivity contribution >= 4 is 33.4 Å². The predicted molar refractivity (Wildman–Crippen MR) is 128 cm³/mol. The van der Waals surface area contributed by atoms with Gasteiger partial charge in [0.2, 0.25) is 21.8 Å². The van der Waals surface area contributed by atoms with E-state index in [-0.39, 0.29) is 23.4 Å². The van der Waals surface area contributed by atoms with Crippen LogP contribution in [0.5, 0.6) is 0 Å². The fourth-order valence-electron chi connectivity index (χ4n) is 3.91. The van der Waals surface area contributed by atoms with Crippen LogP contribution < -0.4 is 5.32 Å². The molecule has 34 heavy (non-hydrogen) atoms. The van der Waals surface area contributed by atoms with E-state index in [1.165, 1.54) is 60.5 Å². The van der Waals surface area contributed by atoms with E-state index in [1.54, 1.807) is 6.92 Å². The smallest absolute Gasteiger partial charge is 0.243 e. The molecule has 7 nitrogen and oxygen atoms in total. The normalized spacial score (nSPS) is 15.3. The van der Waals surface area contributed by atoms with E-state index >= 15 is 0 Å². The van der Waals surface area contributed by atoms with Crippen LogP contribution in [0.4, 0.5) is 4.39 Å². The summed E-state index contributed by atoms with van der Waals surface area (Å²) in [6, 6.07) is 10.5. The van der Waals surface area contributed by atoms with Crippen LogP contribution >= 0.6 is 11.6 Å². The molecule has 1 atom stereocenters. The molecule has 0 heterocycles. The number of halogens is 2. The standard InChI is InChI=1S/C24H29ClFN3O4S/c1-17(24(31)27-21-5-3-4-6-21)29(15-18-7-11-20(26)12-8-18)23(30)16-28(2)34(32,33)22-13-9-19(25)10-14-22/h7-14,17,21H,3-6,15-16H2,1-2H3,(H,27,31). The highest BCUT2D eigenvalue weighted by atomic mass is 35.5. The fourth-order valence-corrected chi connectivity index (χ4v) is 5.16. The summed E-state index contributed by atoms with van der Waals surface area (Å²) in [6.45, 7) is 1.18. The number of nitrogens with one attached hydrogen (secondary N) is 1. The number of nitrogens with zero attached hydrogens (tertiary/aromatic N) is 2. The molecule has 1 unspecified atom stereocenters. The van der Waals surface area contributed by atoms with Crippen LogP contribution in [0, 0.1) is 5.82 Å². The van der Waals surface area contributed by atoms with E-state index in [9.17, 15) is 22.4 Å². The van der Waals surface area contributed by atoms with Crippen molar-refractivity contribution in [2.75, 3.05) is 13.6 Å². The van der Waals surface area contributed by atoms with Gasteiger partial charge in [0.15, 0.2) is 0 Å². The second kappa shape index (κ2) is 11.3. The van der Waals surface area contributed by atoms with Gasteiger partial charge < -0.3 is 10.2 Å². The Labute approximate surface area is 204 Å². The molecule has 1 aliphatic carbocycles. The number of benzene rings is 2. The van der Waals surface area contributed by atoms with Gasteiger partial charge in [0.25, 0.3) is 0 Å². The Hall–Kier alpha value is -2.49. The molecule has 3 rings (SSSR count). The zero-order valence-corrected chi connectivity index (χ0v) is 20.8. The van der Waals surface area contributed by atoms with Crippen LogP contribution in [0.25, 0.3) is 0 Å².